The number of ether oxygens (including phenoxy) is 1. The lowest BCUT2D eigenvalue weighted by molar-refractivity contribution is -0.0507. The number of imidazole rings is 1. The number of aromatic nitrogens is 4. The highest BCUT2D eigenvalue weighted by Crippen LogP contribution is 2.47. The smallest absolute Gasteiger partial charge is 0.387 e. The number of nitrogens with zero attached hydrogens (tertiary/aromatic N) is 5. The van der Waals surface area contributed by atoms with E-state index >= 15 is 0 Å². The van der Waals surface area contributed by atoms with E-state index in [9.17, 15) is 22.0 Å². The summed E-state index contributed by atoms with van der Waals surface area (Å²) in [5.41, 5.74) is 3.80. The molecule has 39 heavy (non-hydrogen) atoms. The van der Waals surface area contributed by atoms with Gasteiger partial charge in [0, 0.05) is 42.2 Å². The zero-order chi connectivity index (χ0) is 26.9. The number of sulfone groups is 1. The highest BCUT2D eigenvalue weighted by Gasteiger charge is 2.42. The molecule has 1 fully saturated rings. The van der Waals surface area contributed by atoms with Crippen molar-refractivity contribution in [2.45, 2.75) is 25.1 Å². The molecule has 7 rings (SSSR count). The van der Waals surface area contributed by atoms with E-state index in [4.69, 9.17) is 9.72 Å². The van der Waals surface area contributed by atoms with Crippen LogP contribution in [-0.2, 0) is 9.84 Å². The molecular formula is C26H22F2N6O4S. The number of benzene rings is 2. The summed E-state index contributed by atoms with van der Waals surface area (Å²) in [6.45, 7) is -2.32. The fourth-order valence-corrected chi connectivity index (χ4v) is 6.94. The summed E-state index contributed by atoms with van der Waals surface area (Å²) in [7, 11) is -3.01. The predicted molar refractivity (Wildman–Crippen MR) is 138 cm³/mol. The molecule has 2 aromatic heterocycles. The number of amides is 1. The van der Waals surface area contributed by atoms with Crippen molar-refractivity contribution in [1.82, 2.24) is 24.8 Å². The number of nitrogens with one attached hydrogen (secondary N) is 1. The first kappa shape index (κ1) is 23.9. The van der Waals surface area contributed by atoms with Gasteiger partial charge in [0.15, 0.2) is 9.84 Å². The number of carbonyl (C=O) groups is 1. The molecule has 3 aliphatic rings. The van der Waals surface area contributed by atoms with E-state index in [1.165, 1.54) is 12.1 Å². The molecule has 4 aromatic rings. The molecule has 2 atom stereocenters. The maximum absolute atomic E-state index is 13.3. The van der Waals surface area contributed by atoms with Crippen LogP contribution in [0.25, 0.3) is 22.2 Å². The molecule has 5 heterocycles. The van der Waals surface area contributed by atoms with Crippen LogP contribution in [0.2, 0.25) is 0 Å². The van der Waals surface area contributed by atoms with Gasteiger partial charge in [-0.25, -0.2) is 23.4 Å². The Morgan fingerprint density at radius 3 is 2.56 bits per heavy atom. The lowest BCUT2D eigenvalue weighted by atomic mass is 9.97. The summed E-state index contributed by atoms with van der Waals surface area (Å²) in [4.78, 5) is 28.5. The standard InChI is InChI=1S/C26H22F2N6O4S/c27-25(28)38-21-3-1-2-16-22(21)20-11-18(32-24(16)35)23-31-17-5-4-14(10-19(17)34(20)23)15-12-29-26(30-13-15)33-6-8-39(36,37)9-7-33/h1-5,10,12-13,18,20,25H,6-9,11H2,(H,32,35)/t18-,20-/m1/s1. The van der Waals surface area contributed by atoms with Gasteiger partial charge in [-0.05, 0) is 36.2 Å². The molecule has 2 aromatic carbocycles. The Bertz CT molecular complexity index is 1730. The molecular weight excluding hydrogens is 530 g/mol. The quantitative estimate of drug-likeness (QED) is 0.410. The fourth-order valence-electron chi connectivity index (χ4n) is 5.74. The van der Waals surface area contributed by atoms with Crippen LogP contribution in [0.3, 0.4) is 0 Å². The summed E-state index contributed by atoms with van der Waals surface area (Å²) in [6.07, 6.45) is 3.86. The Kier molecular flexibility index (Phi) is 5.34. The van der Waals surface area contributed by atoms with Crippen LogP contribution in [0.4, 0.5) is 14.7 Å². The summed E-state index contributed by atoms with van der Waals surface area (Å²) in [5.74, 6) is 0.922. The molecule has 0 aliphatic carbocycles. The Hall–Kier alpha value is -4.13. The second kappa shape index (κ2) is 8.70. The molecule has 10 nitrogen and oxygen atoms in total. The maximum Gasteiger partial charge on any atom is 0.387 e. The van der Waals surface area contributed by atoms with Gasteiger partial charge in [0.05, 0.1) is 34.6 Å². The van der Waals surface area contributed by atoms with E-state index < -0.39 is 22.5 Å². The van der Waals surface area contributed by atoms with E-state index in [1.807, 2.05) is 27.7 Å². The molecule has 0 unspecified atom stereocenters. The zero-order valence-electron chi connectivity index (χ0n) is 20.4. The van der Waals surface area contributed by atoms with Gasteiger partial charge in [-0.1, -0.05) is 12.1 Å². The largest absolute Gasteiger partial charge is 0.434 e. The van der Waals surface area contributed by atoms with E-state index in [2.05, 4.69) is 15.3 Å². The van der Waals surface area contributed by atoms with Crippen LogP contribution in [0.1, 0.15) is 40.3 Å². The first-order valence-corrected chi connectivity index (χ1v) is 14.3. The van der Waals surface area contributed by atoms with Crippen molar-refractivity contribution in [2.24, 2.45) is 0 Å². The predicted octanol–water partition coefficient (Wildman–Crippen LogP) is 3.11. The van der Waals surface area contributed by atoms with Crippen molar-refractivity contribution < 1.29 is 26.7 Å². The third-order valence-electron chi connectivity index (χ3n) is 7.56. The van der Waals surface area contributed by atoms with Crippen LogP contribution < -0.4 is 15.0 Å². The molecule has 0 radical (unpaired) electrons. The van der Waals surface area contributed by atoms with Gasteiger partial charge in [-0.3, -0.25) is 4.79 Å². The fraction of sp³-hybridized carbons (Fsp3) is 0.308. The third-order valence-corrected chi connectivity index (χ3v) is 9.17. The summed E-state index contributed by atoms with van der Waals surface area (Å²) in [6, 6.07) is 9.53. The monoisotopic (exact) mass is 552 g/mol. The Morgan fingerprint density at radius 1 is 1.05 bits per heavy atom. The molecule has 1 saturated heterocycles. The van der Waals surface area contributed by atoms with Crippen LogP contribution in [0.5, 0.6) is 5.75 Å². The Morgan fingerprint density at radius 2 is 1.82 bits per heavy atom. The SMILES string of the molecule is O=C1N[C@@H]2C[C@H](c3c(OC(F)F)cccc31)n1c2nc2ccc(-c3cnc(N4CCS(=O)(=O)CC4)nc3)cc21. The van der Waals surface area contributed by atoms with Gasteiger partial charge in [0.2, 0.25) is 5.95 Å². The molecule has 13 heteroatoms. The van der Waals surface area contributed by atoms with E-state index in [0.717, 1.165) is 16.6 Å². The highest BCUT2D eigenvalue weighted by molar-refractivity contribution is 7.91. The first-order valence-electron chi connectivity index (χ1n) is 12.5. The Balaban J connectivity index is 1.27. The maximum atomic E-state index is 13.3. The molecule has 200 valence electrons. The molecule has 0 saturated carbocycles. The zero-order valence-corrected chi connectivity index (χ0v) is 21.2. The topological polar surface area (TPSA) is 119 Å². The average Bonchev–Trinajstić information content (AvgIpc) is 3.40. The number of halogens is 2. The van der Waals surface area contributed by atoms with Crippen molar-refractivity contribution in [3.63, 3.8) is 0 Å². The molecule has 0 spiro atoms. The number of carbonyl (C=O) groups excluding carboxylic acids is 1. The Labute approximate surface area is 221 Å². The van der Waals surface area contributed by atoms with Crippen LogP contribution in [0.15, 0.2) is 48.8 Å². The number of anilines is 1. The summed E-state index contributed by atoms with van der Waals surface area (Å²) >= 11 is 0. The summed E-state index contributed by atoms with van der Waals surface area (Å²) < 4.78 is 56.8. The van der Waals surface area contributed by atoms with Gasteiger partial charge in [0.1, 0.15) is 11.6 Å². The number of hydrogen-bond donors (Lipinski definition) is 1. The van der Waals surface area contributed by atoms with Gasteiger partial charge in [-0.2, -0.15) is 8.78 Å². The molecule has 1 amide bonds. The van der Waals surface area contributed by atoms with E-state index in [-0.39, 0.29) is 29.2 Å². The van der Waals surface area contributed by atoms with Crippen molar-refractivity contribution in [2.75, 3.05) is 29.5 Å². The van der Waals surface area contributed by atoms with E-state index in [1.54, 1.807) is 18.5 Å². The van der Waals surface area contributed by atoms with Crippen molar-refractivity contribution in [1.29, 1.82) is 0 Å². The number of fused-ring (bicyclic) bond motifs is 9. The number of rotatable bonds is 4. The number of hydrogen-bond acceptors (Lipinski definition) is 8. The number of alkyl halides is 2. The minimum absolute atomic E-state index is 0.0244. The minimum atomic E-state index is -3.03. The van der Waals surface area contributed by atoms with Gasteiger partial charge >= 0.3 is 6.61 Å². The lowest BCUT2D eigenvalue weighted by Gasteiger charge is -2.26. The van der Waals surface area contributed by atoms with Crippen molar-refractivity contribution >= 4 is 32.7 Å². The molecule has 2 bridgehead atoms. The second-order valence-corrected chi connectivity index (χ2v) is 12.1. The lowest BCUT2D eigenvalue weighted by Crippen LogP contribution is -2.41. The third kappa shape index (κ3) is 3.99. The van der Waals surface area contributed by atoms with Crippen LogP contribution in [-0.4, -0.2) is 65.1 Å². The normalized spacial score (nSPS) is 21.4. The minimum Gasteiger partial charge on any atom is -0.434 e. The van der Waals surface area contributed by atoms with Crippen LogP contribution in [0, 0.1) is 0 Å². The second-order valence-electron chi connectivity index (χ2n) is 9.83. The van der Waals surface area contributed by atoms with Gasteiger partial charge in [0.25, 0.3) is 5.91 Å². The molecule has 3 aliphatic heterocycles. The molecule has 1 N–H and O–H groups in total. The van der Waals surface area contributed by atoms with Gasteiger partial charge < -0.3 is 19.5 Å². The summed E-state index contributed by atoms with van der Waals surface area (Å²) in [5, 5.41) is 2.99. The van der Waals surface area contributed by atoms with E-state index in [0.29, 0.717) is 47.9 Å². The van der Waals surface area contributed by atoms with Crippen LogP contribution >= 0.6 is 0 Å². The van der Waals surface area contributed by atoms with Crippen molar-refractivity contribution in [3.05, 3.63) is 65.7 Å². The highest BCUT2D eigenvalue weighted by atomic mass is 32.2. The van der Waals surface area contributed by atoms with Crippen molar-refractivity contribution in [3.8, 4) is 16.9 Å². The average molecular weight is 553 g/mol. The first-order chi connectivity index (χ1) is 18.8. The van der Waals surface area contributed by atoms with Gasteiger partial charge in [-0.15, -0.1) is 0 Å².